The summed E-state index contributed by atoms with van der Waals surface area (Å²) in [6, 6.07) is 10.4. The highest BCUT2D eigenvalue weighted by atomic mass is 19.1. The van der Waals surface area contributed by atoms with E-state index in [1.807, 2.05) is 24.3 Å². The van der Waals surface area contributed by atoms with E-state index in [2.05, 4.69) is 16.6 Å². The molecule has 6 heteroatoms. The van der Waals surface area contributed by atoms with E-state index in [1.165, 1.54) is 19.1 Å². The van der Waals surface area contributed by atoms with Crippen LogP contribution in [0.5, 0.6) is 0 Å². The van der Waals surface area contributed by atoms with Gasteiger partial charge in [0.05, 0.1) is 12.1 Å². The highest BCUT2D eigenvalue weighted by Crippen LogP contribution is 2.37. The zero-order chi connectivity index (χ0) is 23.1. The number of hydrogen-bond donors (Lipinski definition) is 3. The van der Waals surface area contributed by atoms with Crippen molar-refractivity contribution < 1.29 is 18.7 Å². The minimum Gasteiger partial charge on any atom is -0.390 e. The maximum absolute atomic E-state index is 13.6. The average molecular weight is 441 g/mol. The van der Waals surface area contributed by atoms with Gasteiger partial charge in [-0.3, -0.25) is 4.79 Å². The molecule has 1 fully saturated rings. The lowest BCUT2D eigenvalue weighted by molar-refractivity contribution is -0.120. The Hall–Kier alpha value is -2.75. The molecule has 3 N–H and O–H groups in total. The SMILES string of the molecule is C#Cc1cccc(C2(NCC(O)C(Cc3cc(F)cc(F)c3)NC(C)=O)CCCCC2)c1. The van der Waals surface area contributed by atoms with Crippen molar-refractivity contribution in [2.45, 2.75) is 63.1 Å². The molecular formula is C26H30F2N2O2. The predicted octanol–water partition coefficient (Wildman–Crippen LogP) is 3.80. The van der Waals surface area contributed by atoms with Crippen LogP contribution in [0.2, 0.25) is 0 Å². The standard InChI is InChI=1S/C26H30F2N2O2/c1-3-19-8-7-9-21(12-19)26(10-5-4-6-11-26)29-17-25(32)24(30-18(2)31)15-20-13-22(27)16-23(28)14-20/h1,7-9,12-14,16,24-25,29,32H,4-6,10-11,15,17H2,2H3,(H,30,31). The Morgan fingerprint density at radius 1 is 1.16 bits per heavy atom. The van der Waals surface area contributed by atoms with Crippen LogP contribution in [0.25, 0.3) is 0 Å². The zero-order valence-corrected chi connectivity index (χ0v) is 18.3. The van der Waals surface area contributed by atoms with E-state index in [-0.39, 0.29) is 24.4 Å². The topological polar surface area (TPSA) is 61.4 Å². The van der Waals surface area contributed by atoms with Gasteiger partial charge < -0.3 is 15.7 Å². The fourth-order valence-electron chi connectivity index (χ4n) is 4.60. The van der Waals surface area contributed by atoms with Gasteiger partial charge >= 0.3 is 0 Å². The molecule has 32 heavy (non-hydrogen) atoms. The van der Waals surface area contributed by atoms with E-state index in [9.17, 15) is 18.7 Å². The molecule has 2 aromatic rings. The maximum atomic E-state index is 13.6. The number of nitrogens with one attached hydrogen (secondary N) is 2. The first-order valence-corrected chi connectivity index (χ1v) is 11.0. The van der Waals surface area contributed by atoms with Gasteiger partial charge in [0.1, 0.15) is 11.6 Å². The summed E-state index contributed by atoms with van der Waals surface area (Å²) in [5.74, 6) is 0.977. The van der Waals surface area contributed by atoms with Crippen molar-refractivity contribution in [1.82, 2.24) is 10.6 Å². The van der Waals surface area contributed by atoms with Crippen molar-refractivity contribution in [2.75, 3.05) is 6.54 Å². The first kappa shape index (κ1) is 23.9. The Balaban J connectivity index is 1.78. The molecular weight excluding hydrogens is 410 g/mol. The van der Waals surface area contributed by atoms with E-state index in [4.69, 9.17) is 6.42 Å². The second-order valence-corrected chi connectivity index (χ2v) is 8.60. The van der Waals surface area contributed by atoms with E-state index in [0.29, 0.717) is 5.56 Å². The number of carbonyl (C=O) groups excluding carboxylic acids is 1. The lowest BCUT2D eigenvalue weighted by Gasteiger charge is -2.40. The lowest BCUT2D eigenvalue weighted by Crippen LogP contribution is -2.53. The Bertz CT molecular complexity index is 960. The maximum Gasteiger partial charge on any atom is 0.217 e. The molecule has 1 aliphatic rings. The highest BCUT2D eigenvalue weighted by molar-refractivity contribution is 5.73. The van der Waals surface area contributed by atoms with Crippen LogP contribution in [0.4, 0.5) is 8.78 Å². The van der Waals surface area contributed by atoms with Crippen molar-refractivity contribution in [3.8, 4) is 12.3 Å². The molecule has 4 nitrogen and oxygen atoms in total. The highest BCUT2D eigenvalue weighted by Gasteiger charge is 2.35. The van der Waals surface area contributed by atoms with Gasteiger partial charge in [0.2, 0.25) is 5.91 Å². The number of halogens is 2. The lowest BCUT2D eigenvalue weighted by atomic mass is 9.76. The fourth-order valence-corrected chi connectivity index (χ4v) is 4.60. The smallest absolute Gasteiger partial charge is 0.217 e. The normalized spacial score (nSPS) is 17.2. The van der Waals surface area contributed by atoms with Crippen molar-refractivity contribution in [3.05, 3.63) is 70.8 Å². The Kier molecular flexibility index (Phi) is 8.00. The van der Waals surface area contributed by atoms with Crippen molar-refractivity contribution in [3.63, 3.8) is 0 Å². The third kappa shape index (κ3) is 6.15. The summed E-state index contributed by atoms with van der Waals surface area (Å²) in [5, 5.41) is 17.2. The number of terminal acetylenes is 1. The van der Waals surface area contributed by atoms with Gasteiger partial charge in [-0.15, -0.1) is 6.42 Å². The van der Waals surface area contributed by atoms with Crippen LogP contribution in [-0.2, 0) is 16.8 Å². The van der Waals surface area contributed by atoms with Crippen molar-refractivity contribution in [2.24, 2.45) is 0 Å². The monoisotopic (exact) mass is 440 g/mol. The van der Waals surface area contributed by atoms with Gasteiger partial charge in [0.15, 0.2) is 0 Å². The minimum absolute atomic E-state index is 0.108. The molecule has 0 aliphatic heterocycles. The van der Waals surface area contributed by atoms with Crippen LogP contribution in [0.3, 0.4) is 0 Å². The zero-order valence-electron chi connectivity index (χ0n) is 18.3. The molecule has 0 aromatic heterocycles. The quantitative estimate of drug-likeness (QED) is 0.547. The van der Waals surface area contributed by atoms with Crippen molar-refractivity contribution >= 4 is 5.91 Å². The number of rotatable bonds is 8. The third-order valence-electron chi connectivity index (χ3n) is 6.17. The van der Waals surface area contributed by atoms with Crippen LogP contribution >= 0.6 is 0 Å². The molecule has 3 rings (SSSR count). The number of aliphatic hydroxyl groups is 1. The molecule has 2 aromatic carbocycles. The summed E-state index contributed by atoms with van der Waals surface area (Å²) >= 11 is 0. The summed E-state index contributed by atoms with van der Waals surface area (Å²) in [7, 11) is 0. The summed E-state index contributed by atoms with van der Waals surface area (Å²) in [6.07, 6.45) is 9.83. The molecule has 2 atom stereocenters. The second-order valence-electron chi connectivity index (χ2n) is 8.60. The van der Waals surface area contributed by atoms with Crippen LogP contribution in [0.1, 0.15) is 55.7 Å². The van der Waals surface area contributed by atoms with E-state index >= 15 is 0 Å². The Morgan fingerprint density at radius 2 is 1.84 bits per heavy atom. The molecule has 0 radical (unpaired) electrons. The number of hydrogen-bond acceptors (Lipinski definition) is 3. The number of benzene rings is 2. The number of amides is 1. The molecule has 170 valence electrons. The predicted molar refractivity (Wildman–Crippen MR) is 121 cm³/mol. The van der Waals surface area contributed by atoms with Gasteiger partial charge in [-0.1, -0.05) is 37.3 Å². The van der Waals surface area contributed by atoms with Gasteiger partial charge in [0, 0.05) is 30.6 Å². The van der Waals surface area contributed by atoms with Gasteiger partial charge in [0.25, 0.3) is 0 Å². The van der Waals surface area contributed by atoms with Crippen LogP contribution < -0.4 is 10.6 Å². The van der Waals surface area contributed by atoms with Crippen LogP contribution in [0, 0.1) is 24.0 Å². The fraction of sp³-hybridized carbons (Fsp3) is 0.423. The van der Waals surface area contributed by atoms with E-state index in [0.717, 1.165) is 49.3 Å². The number of aliphatic hydroxyl groups excluding tert-OH is 1. The molecule has 1 amide bonds. The van der Waals surface area contributed by atoms with Gasteiger partial charge in [-0.25, -0.2) is 8.78 Å². The van der Waals surface area contributed by atoms with Gasteiger partial charge in [-0.2, -0.15) is 0 Å². The molecule has 0 heterocycles. The molecule has 1 saturated carbocycles. The number of carbonyl (C=O) groups is 1. The molecule has 1 aliphatic carbocycles. The minimum atomic E-state index is -0.958. The molecule has 0 spiro atoms. The largest absolute Gasteiger partial charge is 0.390 e. The summed E-state index contributed by atoms with van der Waals surface area (Å²) in [4.78, 5) is 11.7. The molecule has 2 unspecified atom stereocenters. The first-order valence-electron chi connectivity index (χ1n) is 11.0. The molecule has 0 saturated heterocycles. The second kappa shape index (κ2) is 10.7. The first-order chi connectivity index (χ1) is 15.3. The summed E-state index contributed by atoms with van der Waals surface area (Å²) in [6.45, 7) is 1.57. The van der Waals surface area contributed by atoms with Crippen LogP contribution in [-0.4, -0.2) is 29.7 Å². The van der Waals surface area contributed by atoms with Crippen molar-refractivity contribution in [1.29, 1.82) is 0 Å². The van der Waals surface area contributed by atoms with E-state index < -0.39 is 23.8 Å². The summed E-state index contributed by atoms with van der Waals surface area (Å²) in [5.41, 5.74) is 1.94. The third-order valence-corrected chi connectivity index (χ3v) is 6.17. The summed E-state index contributed by atoms with van der Waals surface area (Å²) < 4.78 is 27.2. The average Bonchev–Trinajstić information content (AvgIpc) is 2.76. The molecule has 0 bridgehead atoms. The van der Waals surface area contributed by atoms with Gasteiger partial charge in [-0.05, 0) is 54.7 Å². The Morgan fingerprint density at radius 3 is 2.47 bits per heavy atom. The Labute approximate surface area is 188 Å². The van der Waals surface area contributed by atoms with E-state index in [1.54, 1.807) is 0 Å². The van der Waals surface area contributed by atoms with Crippen LogP contribution in [0.15, 0.2) is 42.5 Å².